The third kappa shape index (κ3) is 3.41. The molecule has 0 heterocycles. The largest absolute Gasteiger partial charge is 0.444 e. The first-order chi connectivity index (χ1) is 8.85. The normalized spacial score (nSPS) is 34.1. The molecule has 3 aliphatic rings. The molecular weight excluding hydrogens is 242 g/mol. The van der Waals surface area contributed by atoms with Crippen LogP contribution in [0.25, 0.3) is 0 Å². The fourth-order valence-corrected chi connectivity index (χ4v) is 3.75. The fraction of sp³-hybridized carbons (Fsp3) is 0.933. The van der Waals surface area contributed by atoms with E-state index in [0.29, 0.717) is 12.5 Å². The average molecular weight is 269 g/mol. The minimum absolute atomic E-state index is 0.113. The number of aliphatic hydroxyl groups excluding tert-OH is 1. The van der Waals surface area contributed by atoms with Crippen LogP contribution in [0.3, 0.4) is 0 Å². The van der Waals surface area contributed by atoms with Gasteiger partial charge in [0.25, 0.3) is 0 Å². The summed E-state index contributed by atoms with van der Waals surface area (Å²) in [4.78, 5) is 11.8. The summed E-state index contributed by atoms with van der Waals surface area (Å²) < 4.78 is 5.27. The molecule has 0 aromatic heterocycles. The summed E-state index contributed by atoms with van der Waals surface area (Å²) >= 11 is 0. The van der Waals surface area contributed by atoms with Crippen molar-refractivity contribution < 1.29 is 14.6 Å². The summed E-state index contributed by atoms with van der Waals surface area (Å²) in [6.45, 7) is 6.29. The van der Waals surface area contributed by atoms with Gasteiger partial charge in [-0.25, -0.2) is 4.79 Å². The zero-order valence-corrected chi connectivity index (χ0v) is 12.4. The fourth-order valence-electron chi connectivity index (χ4n) is 3.75. The first-order valence-corrected chi connectivity index (χ1v) is 7.42. The maximum Gasteiger partial charge on any atom is 0.407 e. The van der Waals surface area contributed by atoms with Gasteiger partial charge in [0.2, 0.25) is 0 Å². The van der Waals surface area contributed by atoms with Crippen LogP contribution in [-0.4, -0.2) is 30.0 Å². The highest BCUT2D eigenvalue weighted by Crippen LogP contribution is 2.52. The Morgan fingerprint density at radius 2 is 1.95 bits per heavy atom. The van der Waals surface area contributed by atoms with E-state index in [4.69, 9.17) is 4.74 Å². The van der Waals surface area contributed by atoms with Crippen molar-refractivity contribution in [2.45, 2.75) is 58.5 Å². The molecule has 4 nitrogen and oxygen atoms in total. The number of alkyl carbamates (subject to hydrolysis) is 1. The van der Waals surface area contributed by atoms with Gasteiger partial charge in [0.15, 0.2) is 0 Å². The molecule has 110 valence electrons. The molecule has 3 rings (SSSR count). The number of hydrogen-bond acceptors (Lipinski definition) is 3. The lowest BCUT2D eigenvalue weighted by Gasteiger charge is -2.51. The van der Waals surface area contributed by atoms with Gasteiger partial charge in [-0.1, -0.05) is 12.8 Å². The molecular formula is C15H27NO3. The van der Waals surface area contributed by atoms with Gasteiger partial charge in [-0.15, -0.1) is 0 Å². The van der Waals surface area contributed by atoms with E-state index in [1.165, 1.54) is 25.7 Å². The van der Waals surface area contributed by atoms with E-state index in [2.05, 4.69) is 5.32 Å². The van der Waals surface area contributed by atoms with Gasteiger partial charge in [-0.05, 0) is 51.9 Å². The van der Waals surface area contributed by atoms with E-state index >= 15 is 0 Å². The third-order valence-electron chi connectivity index (χ3n) is 4.71. The molecule has 2 N–H and O–H groups in total. The molecule has 0 saturated heterocycles. The van der Waals surface area contributed by atoms with Crippen LogP contribution >= 0.6 is 0 Å². The first kappa shape index (κ1) is 14.6. The second-order valence-electron chi connectivity index (χ2n) is 7.30. The lowest BCUT2D eigenvalue weighted by Crippen LogP contribution is -2.51. The predicted octanol–water partition coefficient (Wildman–Crippen LogP) is 2.70. The van der Waals surface area contributed by atoms with Crippen LogP contribution in [0.2, 0.25) is 0 Å². The number of hydrogen-bond donors (Lipinski definition) is 2. The molecule has 0 aliphatic heterocycles. The van der Waals surface area contributed by atoms with E-state index in [0.717, 1.165) is 12.3 Å². The van der Waals surface area contributed by atoms with E-state index in [1.54, 1.807) is 0 Å². The molecule has 1 amide bonds. The summed E-state index contributed by atoms with van der Waals surface area (Å²) in [5, 5.41) is 12.7. The number of nitrogens with one attached hydrogen (secondary N) is 1. The molecule has 19 heavy (non-hydrogen) atoms. The number of amides is 1. The highest BCUT2D eigenvalue weighted by Gasteiger charge is 2.47. The zero-order chi connectivity index (χ0) is 14.1. The number of fused-ring (bicyclic) bond motifs is 3. The van der Waals surface area contributed by atoms with E-state index < -0.39 is 5.60 Å². The molecule has 0 spiro atoms. The SMILES string of the molecule is CC(C)(C)OC(=O)NCC1(CO)CC2CCC1CC2. The van der Waals surface area contributed by atoms with E-state index in [1.807, 2.05) is 20.8 Å². The minimum atomic E-state index is -0.470. The van der Waals surface area contributed by atoms with Crippen LogP contribution in [0.5, 0.6) is 0 Å². The molecule has 3 aliphatic carbocycles. The highest BCUT2D eigenvalue weighted by molar-refractivity contribution is 5.67. The molecule has 1 unspecified atom stereocenters. The Bertz CT molecular complexity index is 329. The Balaban J connectivity index is 1.91. The first-order valence-electron chi connectivity index (χ1n) is 7.42. The Morgan fingerprint density at radius 3 is 2.37 bits per heavy atom. The third-order valence-corrected chi connectivity index (χ3v) is 4.71. The second-order valence-corrected chi connectivity index (χ2v) is 7.30. The van der Waals surface area contributed by atoms with Crippen molar-refractivity contribution in [1.82, 2.24) is 5.32 Å². The van der Waals surface area contributed by atoms with E-state index in [-0.39, 0.29) is 18.1 Å². The van der Waals surface area contributed by atoms with Crippen molar-refractivity contribution in [3.63, 3.8) is 0 Å². The standard InChI is InChI=1S/C15H27NO3/c1-14(2,3)19-13(18)16-9-15(10-17)8-11-4-6-12(15)7-5-11/h11-12,17H,4-10H2,1-3H3,(H,16,18). The number of aliphatic hydroxyl groups is 1. The molecule has 0 aromatic rings. The summed E-state index contributed by atoms with van der Waals surface area (Å²) in [7, 11) is 0. The molecule has 1 atom stereocenters. The maximum absolute atomic E-state index is 11.8. The molecule has 2 bridgehead atoms. The topological polar surface area (TPSA) is 58.6 Å². The highest BCUT2D eigenvalue weighted by atomic mass is 16.6. The molecule has 3 saturated carbocycles. The van der Waals surface area contributed by atoms with Gasteiger partial charge in [-0.3, -0.25) is 0 Å². The quantitative estimate of drug-likeness (QED) is 0.828. The van der Waals surface area contributed by atoms with Gasteiger partial charge >= 0.3 is 6.09 Å². The lowest BCUT2D eigenvalue weighted by molar-refractivity contribution is -0.0406. The van der Waals surface area contributed by atoms with Crippen molar-refractivity contribution in [3.05, 3.63) is 0 Å². The number of carbonyl (C=O) groups excluding carboxylic acids is 1. The van der Waals surface area contributed by atoms with Crippen molar-refractivity contribution in [2.75, 3.05) is 13.2 Å². The number of ether oxygens (including phenoxy) is 1. The van der Waals surface area contributed by atoms with Gasteiger partial charge in [-0.2, -0.15) is 0 Å². The predicted molar refractivity (Wildman–Crippen MR) is 73.8 cm³/mol. The van der Waals surface area contributed by atoms with Crippen molar-refractivity contribution in [1.29, 1.82) is 0 Å². The van der Waals surface area contributed by atoms with Crippen LogP contribution in [0.1, 0.15) is 52.9 Å². The average Bonchev–Trinajstić information content (AvgIpc) is 2.36. The Labute approximate surface area is 115 Å². The Morgan fingerprint density at radius 1 is 1.32 bits per heavy atom. The zero-order valence-electron chi connectivity index (χ0n) is 12.4. The van der Waals surface area contributed by atoms with Crippen molar-refractivity contribution in [2.24, 2.45) is 17.3 Å². The van der Waals surface area contributed by atoms with Gasteiger partial charge in [0.1, 0.15) is 5.60 Å². The molecule has 0 aromatic carbocycles. The number of carbonyl (C=O) groups is 1. The Hall–Kier alpha value is -0.770. The summed E-state index contributed by atoms with van der Waals surface area (Å²) in [5.41, 5.74) is -0.583. The van der Waals surface area contributed by atoms with Crippen LogP contribution in [0, 0.1) is 17.3 Å². The molecule has 0 radical (unpaired) electrons. The van der Waals surface area contributed by atoms with Crippen LogP contribution in [0.15, 0.2) is 0 Å². The summed E-state index contributed by atoms with van der Waals surface area (Å²) in [6, 6.07) is 0. The van der Waals surface area contributed by atoms with Crippen LogP contribution in [0.4, 0.5) is 4.79 Å². The smallest absolute Gasteiger partial charge is 0.407 e. The Kier molecular flexibility index (Phi) is 4.09. The lowest BCUT2D eigenvalue weighted by atomic mass is 9.56. The minimum Gasteiger partial charge on any atom is -0.444 e. The van der Waals surface area contributed by atoms with E-state index in [9.17, 15) is 9.90 Å². The van der Waals surface area contributed by atoms with Gasteiger partial charge < -0.3 is 15.2 Å². The summed E-state index contributed by atoms with van der Waals surface area (Å²) in [6.07, 6.45) is 5.64. The summed E-state index contributed by atoms with van der Waals surface area (Å²) in [5.74, 6) is 1.29. The monoisotopic (exact) mass is 269 g/mol. The molecule has 4 heteroatoms. The number of rotatable bonds is 3. The second kappa shape index (κ2) is 5.31. The van der Waals surface area contributed by atoms with Crippen LogP contribution in [-0.2, 0) is 4.74 Å². The van der Waals surface area contributed by atoms with Gasteiger partial charge in [0.05, 0.1) is 6.61 Å². The van der Waals surface area contributed by atoms with Crippen molar-refractivity contribution in [3.8, 4) is 0 Å². The van der Waals surface area contributed by atoms with Gasteiger partial charge in [0, 0.05) is 12.0 Å². The maximum atomic E-state index is 11.8. The van der Waals surface area contributed by atoms with Crippen molar-refractivity contribution >= 4 is 6.09 Å². The molecule has 3 fully saturated rings. The van der Waals surface area contributed by atoms with Crippen LogP contribution < -0.4 is 5.32 Å².